The van der Waals surface area contributed by atoms with Crippen molar-refractivity contribution in [2.24, 2.45) is 5.41 Å². The van der Waals surface area contributed by atoms with E-state index in [-0.39, 0.29) is 6.54 Å². The predicted octanol–water partition coefficient (Wildman–Crippen LogP) is 4.95. The van der Waals surface area contributed by atoms with Gasteiger partial charge in [-0.1, -0.05) is 39.0 Å². The number of nitrogens with zero attached hydrogens (tertiary/aromatic N) is 1. The number of benzene rings is 1. The summed E-state index contributed by atoms with van der Waals surface area (Å²) >= 11 is 1.23. The number of thiophene rings is 1. The van der Waals surface area contributed by atoms with Crippen LogP contribution in [-0.2, 0) is 0 Å². The molecule has 0 saturated carbocycles. The molecule has 0 aliphatic rings. The zero-order valence-electron chi connectivity index (χ0n) is 12.7. The number of carbonyl (C=O) groups is 1. The first-order valence-electron chi connectivity index (χ1n) is 6.90. The third-order valence-corrected chi connectivity index (χ3v) is 4.06. The number of alkyl halides is 3. The van der Waals surface area contributed by atoms with Crippen molar-refractivity contribution in [3.63, 3.8) is 0 Å². The molecule has 22 heavy (non-hydrogen) atoms. The van der Waals surface area contributed by atoms with Gasteiger partial charge in [0.05, 0.1) is 4.88 Å². The molecule has 1 aromatic heterocycles. The van der Waals surface area contributed by atoms with Crippen LogP contribution in [0.25, 0.3) is 10.1 Å². The fourth-order valence-electron chi connectivity index (χ4n) is 2.23. The first-order chi connectivity index (χ1) is 10.1. The van der Waals surface area contributed by atoms with Crippen LogP contribution < -0.4 is 0 Å². The normalized spacial score (nSPS) is 12.6. The smallest absolute Gasteiger partial charge is 0.328 e. The highest BCUT2D eigenvalue weighted by Gasteiger charge is 2.35. The molecule has 2 rings (SSSR count). The van der Waals surface area contributed by atoms with Crippen molar-refractivity contribution >= 4 is 27.3 Å². The molecule has 1 aromatic carbocycles. The van der Waals surface area contributed by atoms with Crippen molar-refractivity contribution in [1.29, 1.82) is 0 Å². The van der Waals surface area contributed by atoms with Gasteiger partial charge in [-0.3, -0.25) is 4.79 Å². The minimum absolute atomic E-state index is 0.0551. The third kappa shape index (κ3) is 4.47. The molecule has 0 unspecified atom stereocenters. The van der Waals surface area contributed by atoms with E-state index in [2.05, 4.69) is 0 Å². The molecule has 1 amide bonds. The van der Waals surface area contributed by atoms with E-state index in [0.29, 0.717) is 4.88 Å². The Labute approximate surface area is 131 Å². The summed E-state index contributed by atoms with van der Waals surface area (Å²) < 4.78 is 39.2. The molecule has 1 heterocycles. The van der Waals surface area contributed by atoms with Gasteiger partial charge in [0.15, 0.2) is 0 Å². The first kappa shape index (κ1) is 16.8. The summed E-state index contributed by atoms with van der Waals surface area (Å²) in [6.07, 6.45) is -4.41. The van der Waals surface area contributed by atoms with Crippen molar-refractivity contribution in [1.82, 2.24) is 4.90 Å². The maximum Gasteiger partial charge on any atom is 0.406 e. The van der Waals surface area contributed by atoms with Crippen LogP contribution >= 0.6 is 11.3 Å². The first-order valence-corrected chi connectivity index (χ1v) is 7.71. The van der Waals surface area contributed by atoms with E-state index in [1.165, 1.54) is 11.3 Å². The van der Waals surface area contributed by atoms with Gasteiger partial charge in [0.1, 0.15) is 6.54 Å². The Morgan fingerprint density at radius 1 is 1.14 bits per heavy atom. The molecule has 0 bridgehead atoms. The molecule has 0 aliphatic heterocycles. The summed E-state index contributed by atoms with van der Waals surface area (Å²) in [6.45, 7) is 4.27. The second kappa shape index (κ2) is 5.91. The zero-order chi connectivity index (χ0) is 16.5. The topological polar surface area (TPSA) is 20.3 Å². The third-order valence-electron chi connectivity index (χ3n) is 2.96. The van der Waals surface area contributed by atoms with Gasteiger partial charge in [0.2, 0.25) is 0 Å². The van der Waals surface area contributed by atoms with Crippen molar-refractivity contribution in [3.05, 3.63) is 35.2 Å². The van der Waals surface area contributed by atoms with Crippen molar-refractivity contribution in [2.45, 2.75) is 26.9 Å². The van der Waals surface area contributed by atoms with Crippen LogP contribution in [0.15, 0.2) is 30.3 Å². The average molecular weight is 329 g/mol. The summed E-state index contributed by atoms with van der Waals surface area (Å²) in [4.78, 5) is 13.7. The van der Waals surface area contributed by atoms with Crippen LogP contribution in [0.1, 0.15) is 30.4 Å². The van der Waals surface area contributed by atoms with E-state index in [1.54, 1.807) is 6.07 Å². The van der Waals surface area contributed by atoms with E-state index in [0.717, 1.165) is 15.0 Å². The standard InChI is InChI=1S/C16H18F3NOS/c1-15(2,3)9-20(10-16(17,18)19)14(21)13-8-11-6-4-5-7-12(11)22-13/h4-8H,9-10H2,1-3H3. The van der Waals surface area contributed by atoms with Gasteiger partial charge in [-0.25, -0.2) is 0 Å². The maximum absolute atomic E-state index is 12.8. The molecular formula is C16H18F3NOS. The Balaban J connectivity index is 2.31. The molecule has 0 fully saturated rings. The van der Waals surface area contributed by atoms with Crippen LogP contribution in [0.2, 0.25) is 0 Å². The molecule has 0 N–H and O–H groups in total. The number of amides is 1. The predicted molar refractivity (Wildman–Crippen MR) is 83.2 cm³/mol. The number of rotatable bonds is 3. The summed E-state index contributed by atoms with van der Waals surface area (Å²) in [5, 5.41) is 0.874. The highest BCUT2D eigenvalue weighted by molar-refractivity contribution is 7.20. The lowest BCUT2D eigenvalue weighted by molar-refractivity contribution is -0.142. The van der Waals surface area contributed by atoms with Crippen LogP contribution in [-0.4, -0.2) is 30.1 Å². The lowest BCUT2D eigenvalue weighted by Crippen LogP contribution is -2.43. The molecule has 0 radical (unpaired) electrons. The van der Waals surface area contributed by atoms with Gasteiger partial charge in [0, 0.05) is 11.2 Å². The SMILES string of the molecule is CC(C)(C)CN(CC(F)(F)F)C(=O)c1cc2ccccc2s1. The molecular weight excluding hydrogens is 311 g/mol. The van der Waals surface area contributed by atoms with E-state index < -0.39 is 24.0 Å². The van der Waals surface area contributed by atoms with E-state index in [4.69, 9.17) is 0 Å². The maximum atomic E-state index is 12.8. The van der Waals surface area contributed by atoms with Gasteiger partial charge < -0.3 is 4.90 Å². The Bertz CT molecular complexity index is 621. The molecule has 2 aromatic rings. The number of carbonyl (C=O) groups excluding carboxylic acids is 1. The summed E-state index contributed by atoms with van der Waals surface area (Å²) in [6, 6.07) is 9.05. The van der Waals surface area contributed by atoms with Crippen LogP contribution in [0.5, 0.6) is 0 Å². The van der Waals surface area contributed by atoms with Crippen molar-refractivity contribution < 1.29 is 18.0 Å². The van der Waals surface area contributed by atoms with E-state index in [1.807, 2.05) is 45.0 Å². The summed E-state index contributed by atoms with van der Waals surface area (Å²) in [7, 11) is 0. The molecule has 0 aliphatic carbocycles. The highest BCUT2D eigenvalue weighted by Crippen LogP contribution is 2.29. The van der Waals surface area contributed by atoms with Gasteiger partial charge in [0.25, 0.3) is 5.91 Å². The quantitative estimate of drug-likeness (QED) is 0.780. The van der Waals surface area contributed by atoms with Gasteiger partial charge >= 0.3 is 6.18 Å². The zero-order valence-corrected chi connectivity index (χ0v) is 13.5. The second-order valence-corrected chi connectivity index (χ2v) is 7.57. The van der Waals surface area contributed by atoms with E-state index >= 15 is 0 Å². The monoisotopic (exact) mass is 329 g/mol. The minimum Gasteiger partial charge on any atom is -0.328 e. The number of hydrogen-bond donors (Lipinski definition) is 0. The Kier molecular flexibility index (Phi) is 4.52. The Morgan fingerprint density at radius 2 is 1.77 bits per heavy atom. The fraction of sp³-hybridized carbons (Fsp3) is 0.438. The molecule has 6 heteroatoms. The summed E-state index contributed by atoms with van der Waals surface area (Å²) in [5.74, 6) is -0.562. The van der Waals surface area contributed by atoms with Gasteiger partial charge in [-0.15, -0.1) is 11.3 Å². The minimum atomic E-state index is -4.41. The number of fused-ring (bicyclic) bond motifs is 1. The van der Waals surface area contributed by atoms with Crippen LogP contribution in [0.4, 0.5) is 13.2 Å². The van der Waals surface area contributed by atoms with Crippen molar-refractivity contribution in [2.75, 3.05) is 13.1 Å². The summed E-state index contributed by atoms with van der Waals surface area (Å²) in [5.41, 5.74) is -0.405. The van der Waals surface area contributed by atoms with Crippen LogP contribution in [0.3, 0.4) is 0 Å². The molecule has 120 valence electrons. The molecule has 0 atom stereocenters. The molecule has 0 spiro atoms. The van der Waals surface area contributed by atoms with Crippen molar-refractivity contribution in [3.8, 4) is 0 Å². The Morgan fingerprint density at radius 3 is 2.32 bits per heavy atom. The number of hydrogen-bond acceptors (Lipinski definition) is 2. The average Bonchev–Trinajstić information content (AvgIpc) is 2.77. The van der Waals surface area contributed by atoms with Gasteiger partial charge in [-0.05, 0) is 22.9 Å². The lowest BCUT2D eigenvalue weighted by atomic mass is 9.96. The fourth-order valence-corrected chi connectivity index (χ4v) is 3.26. The van der Waals surface area contributed by atoms with Crippen LogP contribution in [0, 0.1) is 5.41 Å². The highest BCUT2D eigenvalue weighted by atomic mass is 32.1. The molecule has 2 nitrogen and oxygen atoms in total. The largest absolute Gasteiger partial charge is 0.406 e. The lowest BCUT2D eigenvalue weighted by Gasteiger charge is -2.30. The second-order valence-electron chi connectivity index (χ2n) is 6.49. The van der Waals surface area contributed by atoms with E-state index in [9.17, 15) is 18.0 Å². The number of halogens is 3. The van der Waals surface area contributed by atoms with Gasteiger partial charge in [-0.2, -0.15) is 13.2 Å². The molecule has 0 saturated heterocycles. The Hall–Kier alpha value is -1.56.